The summed E-state index contributed by atoms with van der Waals surface area (Å²) < 4.78 is 0. The standard InChI is InChI=1S/C11H19ClN2S/c1-2-3-4-5-6-7-10-13-14-11(15-10)8-9-12/h2-9H2,1H3. The van der Waals surface area contributed by atoms with Crippen molar-refractivity contribution in [2.45, 2.75) is 51.9 Å². The molecule has 4 heteroatoms. The maximum Gasteiger partial charge on any atom is 0.118 e. The van der Waals surface area contributed by atoms with Gasteiger partial charge in [0.25, 0.3) is 0 Å². The van der Waals surface area contributed by atoms with E-state index in [9.17, 15) is 0 Å². The lowest BCUT2D eigenvalue weighted by molar-refractivity contribution is 0.629. The van der Waals surface area contributed by atoms with Crippen molar-refractivity contribution in [2.75, 3.05) is 5.88 Å². The van der Waals surface area contributed by atoms with Crippen molar-refractivity contribution in [3.05, 3.63) is 10.0 Å². The fourth-order valence-electron chi connectivity index (χ4n) is 1.45. The van der Waals surface area contributed by atoms with Gasteiger partial charge in [-0.1, -0.05) is 32.6 Å². The molecule has 0 N–H and O–H groups in total. The molecule has 0 amide bonds. The third-order valence-corrected chi connectivity index (χ3v) is 3.54. The van der Waals surface area contributed by atoms with Crippen molar-refractivity contribution >= 4 is 22.9 Å². The van der Waals surface area contributed by atoms with Crippen LogP contribution in [0.25, 0.3) is 0 Å². The highest BCUT2D eigenvalue weighted by Crippen LogP contribution is 2.14. The van der Waals surface area contributed by atoms with Crippen LogP contribution in [-0.4, -0.2) is 16.1 Å². The summed E-state index contributed by atoms with van der Waals surface area (Å²) in [7, 11) is 0. The van der Waals surface area contributed by atoms with Crippen molar-refractivity contribution in [3.8, 4) is 0 Å². The van der Waals surface area contributed by atoms with Crippen LogP contribution in [0.5, 0.6) is 0 Å². The third-order valence-electron chi connectivity index (χ3n) is 2.31. The van der Waals surface area contributed by atoms with Gasteiger partial charge in [0, 0.05) is 18.7 Å². The van der Waals surface area contributed by atoms with Crippen LogP contribution in [0.1, 0.15) is 49.0 Å². The van der Waals surface area contributed by atoms with E-state index in [1.165, 1.54) is 37.1 Å². The smallest absolute Gasteiger partial charge is 0.118 e. The zero-order valence-corrected chi connectivity index (χ0v) is 10.9. The van der Waals surface area contributed by atoms with Gasteiger partial charge < -0.3 is 0 Å². The molecule has 86 valence electrons. The summed E-state index contributed by atoms with van der Waals surface area (Å²) >= 11 is 7.36. The van der Waals surface area contributed by atoms with E-state index in [0.29, 0.717) is 5.88 Å². The molecule has 0 saturated carbocycles. The van der Waals surface area contributed by atoms with Gasteiger partial charge in [-0.2, -0.15) is 0 Å². The number of nitrogens with zero attached hydrogens (tertiary/aromatic N) is 2. The zero-order valence-electron chi connectivity index (χ0n) is 9.34. The van der Waals surface area contributed by atoms with E-state index in [0.717, 1.165) is 17.8 Å². The highest BCUT2D eigenvalue weighted by Gasteiger charge is 2.02. The number of aromatic nitrogens is 2. The van der Waals surface area contributed by atoms with Crippen molar-refractivity contribution < 1.29 is 0 Å². The predicted molar refractivity (Wildman–Crippen MR) is 66.8 cm³/mol. The Morgan fingerprint density at radius 1 is 1.00 bits per heavy atom. The molecule has 0 aliphatic heterocycles. The predicted octanol–water partition coefficient (Wildman–Crippen LogP) is 3.83. The van der Waals surface area contributed by atoms with Gasteiger partial charge in [0.15, 0.2) is 0 Å². The summed E-state index contributed by atoms with van der Waals surface area (Å²) in [5, 5.41) is 10.5. The van der Waals surface area contributed by atoms with Gasteiger partial charge in [0.1, 0.15) is 10.0 Å². The van der Waals surface area contributed by atoms with Crippen LogP contribution in [0.15, 0.2) is 0 Å². The molecule has 0 saturated heterocycles. The Bertz CT molecular complexity index is 263. The first-order valence-corrected chi connectivity index (χ1v) is 7.09. The number of unbranched alkanes of at least 4 members (excludes halogenated alkanes) is 4. The van der Waals surface area contributed by atoms with Crippen LogP contribution in [0.4, 0.5) is 0 Å². The molecule has 0 radical (unpaired) electrons. The van der Waals surface area contributed by atoms with E-state index in [2.05, 4.69) is 17.1 Å². The maximum atomic E-state index is 5.65. The van der Waals surface area contributed by atoms with Crippen LogP contribution in [0.2, 0.25) is 0 Å². The van der Waals surface area contributed by atoms with E-state index in [1.807, 2.05) is 0 Å². The molecule has 0 aromatic carbocycles. The second-order valence-electron chi connectivity index (χ2n) is 3.69. The molecular weight excluding hydrogens is 228 g/mol. The van der Waals surface area contributed by atoms with E-state index in [4.69, 9.17) is 11.6 Å². The molecule has 1 heterocycles. The highest BCUT2D eigenvalue weighted by atomic mass is 35.5. The highest BCUT2D eigenvalue weighted by molar-refractivity contribution is 7.11. The number of halogens is 1. The minimum atomic E-state index is 0.644. The molecule has 0 unspecified atom stereocenters. The number of hydrogen-bond acceptors (Lipinski definition) is 3. The molecule has 1 rings (SSSR count). The maximum absolute atomic E-state index is 5.65. The first-order chi connectivity index (χ1) is 7.36. The number of aryl methyl sites for hydroxylation is 2. The lowest BCUT2D eigenvalue weighted by Crippen LogP contribution is -1.85. The summed E-state index contributed by atoms with van der Waals surface area (Å²) in [6, 6.07) is 0. The van der Waals surface area contributed by atoms with Gasteiger partial charge in [0.2, 0.25) is 0 Å². The Labute approximate surface area is 101 Å². The average molecular weight is 247 g/mol. The summed E-state index contributed by atoms with van der Waals surface area (Å²) in [5.74, 6) is 0.644. The van der Waals surface area contributed by atoms with E-state index in [-0.39, 0.29) is 0 Å². The first kappa shape index (κ1) is 12.9. The zero-order chi connectivity index (χ0) is 10.9. The Kier molecular flexibility index (Phi) is 6.94. The monoisotopic (exact) mass is 246 g/mol. The van der Waals surface area contributed by atoms with Gasteiger partial charge in [-0.15, -0.1) is 33.1 Å². The molecule has 0 fully saturated rings. The summed E-state index contributed by atoms with van der Waals surface area (Å²) in [4.78, 5) is 0. The number of alkyl halides is 1. The normalized spacial score (nSPS) is 10.8. The summed E-state index contributed by atoms with van der Waals surface area (Å²) in [6.07, 6.45) is 8.52. The van der Waals surface area contributed by atoms with Crippen molar-refractivity contribution in [1.29, 1.82) is 0 Å². The molecular formula is C11H19ClN2S. The van der Waals surface area contributed by atoms with E-state index < -0.39 is 0 Å². The Hall–Kier alpha value is -0.150. The van der Waals surface area contributed by atoms with Crippen molar-refractivity contribution in [3.63, 3.8) is 0 Å². The molecule has 0 aliphatic rings. The topological polar surface area (TPSA) is 25.8 Å². The van der Waals surface area contributed by atoms with Crippen LogP contribution in [0, 0.1) is 0 Å². The second-order valence-corrected chi connectivity index (χ2v) is 5.22. The largest absolute Gasteiger partial charge is 0.144 e. The van der Waals surface area contributed by atoms with Crippen LogP contribution in [0.3, 0.4) is 0 Å². The Morgan fingerprint density at radius 3 is 2.33 bits per heavy atom. The number of rotatable bonds is 8. The van der Waals surface area contributed by atoms with Crippen molar-refractivity contribution in [2.24, 2.45) is 0 Å². The van der Waals surface area contributed by atoms with E-state index >= 15 is 0 Å². The van der Waals surface area contributed by atoms with Crippen LogP contribution < -0.4 is 0 Å². The minimum Gasteiger partial charge on any atom is -0.144 e. The van der Waals surface area contributed by atoms with Gasteiger partial charge in [-0.3, -0.25) is 0 Å². The molecule has 0 atom stereocenters. The second kappa shape index (κ2) is 8.05. The first-order valence-electron chi connectivity index (χ1n) is 5.74. The van der Waals surface area contributed by atoms with Crippen molar-refractivity contribution in [1.82, 2.24) is 10.2 Å². The van der Waals surface area contributed by atoms with E-state index in [1.54, 1.807) is 11.3 Å². The van der Waals surface area contributed by atoms with Gasteiger partial charge in [-0.25, -0.2) is 0 Å². The van der Waals surface area contributed by atoms with Crippen LogP contribution in [-0.2, 0) is 12.8 Å². The third kappa shape index (κ3) is 5.47. The fourth-order valence-corrected chi connectivity index (χ4v) is 2.63. The number of hydrogen-bond donors (Lipinski definition) is 0. The van der Waals surface area contributed by atoms with Gasteiger partial charge in [-0.05, 0) is 6.42 Å². The molecule has 0 bridgehead atoms. The SMILES string of the molecule is CCCCCCCc1nnc(CCCl)s1. The van der Waals surface area contributed by atoms with Gasteiger partial charge in [0.05, 0.1) is 0 Å². The molecule has 2 nitrogen and oxygen atoms in total. The lowest BCUT2D eigenvalue weighted by Gasteiger charge is -1.96. The summed E-state index contributed by atoms with van der Waals surface area (Å²) in [6.45, 7) is 2.24. The Balaban J connectivity index is 2.14. The molecule has 15 heavy (non-hydrogen) atoms. The average Bonchev–Trinajstić information content (AvgIpc) is 2.66. The quantitative estimate of drug-likeness (QED) is 0.515. The molecule has 1 aromatic heterocycles. The molecule has 0 aliphatic carbocycles. The summed E-state index contributed by atoms with van der Waals surface area (Å²) in [5.41, 5.74) is 0. The fraction of sp³-hybridized carbons (Fsp3) is 0.818. The molecule has 0 spiro atoms. The minimum absolute atomic E-state index is 0.644. The van der Waals surface area contributed by atoms with Crippen LogP contribution >= 0.6 is 22.9 Å². The molecule has 1 aromatic rings. The van der Waals surface area contributed by atoms with Gasteiger partial charge >= 0.3 is 0 Å². The lowest BCUT2D eigenvalue weighted by atomic mass is 10.1. The Morgan fingerprint density at radius 2 is 1.67 bits per heavy atom.